The lowest BCUT2D eigenvalue weighted by molar-refractivity contribution is -0.138. The van der Waals surface area contributed by atoms with E-state index in [9.17, 15) is 13.6 Å². The first kappa shape index (κ1) is 13.0. The van der Waals surface area contributed by atoms with Crippen molar-refractivity contribution in [3.8, 4) is 0 Å². The quantitative estimate of drug-likeness (QED) is 0.872. The molecule has 0 heterocycles. The van der Waals surface area contributed by atoms with Gasteiger partial charge in [-0.2, -0.15) is 0 Å². The highest BCUT2D eigenvalue weighted by Gasteiger charge is 2.44. The first-order valence-corrected chi connectivity index (χ1v) is 6.20. The summed E-state index contributed by atoms with van der Waals surface area (Å²) in [7, 11) is 0. The molecule has 0 radical (unpaired) electrons. The van der Waals surface area contributed by atoms with E-state index in [1.54, 1.807) is 0 Å². The van der Waals surface area contributed by atoms with Gasteiger partial charge in [0.1, 0.15) is 11.6 Å². The van der Waals surface area contributed by atoms with Gasteiger partial charge in [0.25, 0.3) is 0 Å². The van der Waals surface area contributed by atoms with E-state index in [4.69, 9.17) is 5.11 Å². The summed E-state index contributed by atoms with van der Waals surface area (Å²) in [6, 6.07) is 3.46. The summed E-state index contributed by atoms with van der Waals surface area (Å²) < 4.78 is 26.8. The minimum atomic E-state index is -0.783. The third-order valence-corrected chi connectivity index (χ3v) is 3.72. The maximum Gasteiger partial charge on any atom is 0.306 e. The molecule has 3 unspecified atom stereocenters. The molecule has 1 saturated carbocycles. The molecule has 0 bridgehead atoms. The zero-order valence-electron chi connectivity index (χ0n) is 10.2. The summed E-state index contributed by atoms with van der Waals surface area (Å²) in [5, 5.41) is 8.84. The number of carboxylic acids is 1. The van der Waals surface area contributed by atoms with Crippen molar-refractivity contribution >= 4 is 5.97 Å². The number of benzene rings is 1. The first-order valence-electron chi connectivity index (χ1n) is 6.20. The third-order valence-electron chi connectivity index (χ3n) is 3.72. The molecule has 3 atom stereocenters. The Labute approximate surface area is 105 Å². The lowest BCUT2D eigenvalue weighted by Crippen LogP contribution is -2.06. The van der Waals surface area contributed by atoms with Crippen LogP contribution < -0.4 is 0 Å². The number of halogens is 2. The van der Waals surface area contributed by atoms with Crippen LogP contribution in [0.5, 0.6) is 0 Å². The van der Waals surface area contributed by atoms with Gasteiger partial charge in [0.2, 0.25) is 0 Å². The molecule has 2 nitrogen and oxygen atoms in total. The lowest BCUT2D eigenvalue weighted by Gasteiger charge is -2.16. The Morgan fingerprint density at radius 1 is 1.50 bits per heavy atom. The maximum atomic E-state index is 13.7. The van der Waals surface area contributed by atoms with Gasteiger partial charge in [-0.1, -0.05) is 6.92 Å². The number of carboxylic acid groups (broad SMARTS) is 1. The molecule has 0 aliphatic heterocycles. The van der Waals surface area contributed by atoms with Crippen molar-refractivity contribution < 1.29 is 18.7 Å². The van der Waals surface area contributed by atoms with Crippen molar-refractivity contribution in [3.05, 3.63) is 35.4 Å². The van der Waals surface area contributed by atoms with E-state index >= 15 is 0 Å². The van der Waals surface area contributed by atoms with Crippen LogP contribution in [0.1, 0.15) is 37.7 Å². The molecule has 18 heavy (non-hydrogen) atoms. The van der Waals surface area contributed by atoms with Gasteiger partial charge in [0.15, 0.2) is 0 Å². The second-order valence-electron chi connectivity index (χ2n) is 4.95. The predicted octanol–water partition coefficient (Wildman–Crippen LogP) is 3.57. The van der Waals surface area contributed by atoms with E-state index in [1.165, 1.54) is 6.07 Å². The molecule has 1 fully saturated rings. The zero-order chi connectivity index (χ0) is 13.3. The monoisotopic (exact) mass is 254 g/mol. The summed E-state index contributed by atoms with van der Waals surface area (Å²) in [4.78, 5) is 10.8. The van der Waals surface area contributed by atoms with Crippen molar-refractivity contribution in [1.82, 2.24) is 0 Å². The van der Waals surface area contributed by atoms with Gasteiger partial charge in [-0.15, -0.1) is 0 Å². The van der Waals surface area contributed by atoms with Crippen LogP contribution in [0.15, 0.2) is 18.2 Å². The van der Waals surface area contributed by atoms with E-state index in [-0.39, 0.29) is 17.8 Å². The Bertz CT molecular complexity index is 459. The summed E-state index contributed by atoms with van der Waals surface area (Å²) in [6.07, 6.45) is 1.96. The molecule has 0 amide bonds. The van der Waals surface area contributed by atoms with Gasteiger partial charge < -0.3 is 5.11 Å². The van der Waals surface area contributed by atoms with Gasteiger partial charge in [0.05, 0.1) is 5.92 Å². The van der Waals surface area contributed by atoms with Gasteiger partial charge in [-0.25, -0.2) is 8.78 Å². The van der Waals surface area contributed by atoms with Gasteiger partial charge in [0, 0.05) is 0 Å². The van der Waals surface area contributed by atoms with Crippen LogP contribution in [0.3, 0.4) is 0 Å². The molecule has 0 saturated heterocycles. The second kappa shape index (κ2) is 5.04. The third kappa shape index (κ3) is 2.68. The molecule has 98 valence electrons. The fraction of sp³-hybridized carbons (Fsp3) is 0.500. The fourth-order valence-corrected chi connectivity index (χ4v) is 2.52. The van der Waals surface area contributed by atoms with Crippen LogP contribution >= 0.6 is 0 Å². The standard InChI is InChI=1S/C14H16F2O2/c1-2-8(5-9-6-12(9)14(17)18)11-7-10(15)3-4-13(11)16/h3-4,7-9,12H,2,5-6H2,1H3,(H,17,18). The first-order chi connectivity index (χ1) is 8.52. The van der Waals surface area contributed by atoms with Crippen LogP contribution in [-0.4, -0.2) is 11.1 Å². The Hall–Kier alpha value is -1.45. The normalized spacial score (nSPS) is 23.7. The average molecular weight is 254 g/mol. The fourth-order valence-electron chi connectivity index (χ4n) is 2.52. The molecule has 1 N–H and O–H groups in total. The van der Waals surface area contributed by atoms with E-state index < -0.39 is 17.6 Å². The number of aliphatic carboxylic acids is 1. The SMILES string of the molecule is CCC(CC1CC1C(=O)O)c1cc(F)ccc1F. The van der Waals surface area contributed by atoms with Gasteiger partial charge >= 0.3 is 5.97 Å². The van der Waals surface area contributed by atoms with Crippen molar-refractivity contribution in [2.24, 2.45) is 11.8 Å². The Morgan fingerprint density at radius 2 is 2.22 bits per heavy atom. The van der Waals surface area contributed by atoms with Gasteiger partial charge in [-0.05, 0) is 54.9 Å². The topological polar surface area (TPSA) is 37.3 Å². The van der Waals surface area contributed by atoms with Crippen LogP contribution in [0, 0.1) is 23.5 Å². The van der Waals surface area contributed by atoms with Crippen LogP contribution in [-0.2, 0) is 4.79 Å². The number of hydrogen-bond donors (Lipinski definition) is 1. The highest BCUT2D eigenvalue weighted by molar-refractivity contribution is 5.73. The highest BCUT2D eigenvalue weighted by Crippen LogP contribution is 2.46. The summed E-state index contributed by atoms with van der Waals surface area (Å²) in [5.74, 6) is -1.93. The Kier molecular flexibility index (Phi) is 3.64. The van der Waals surface area contributed by atoms with E-state index in [0.717, 1.165) is 12.1 Å². The molecular formula is C14H16F2O2. The van der Waals surface area contributed by atoms with Crippen molar-refractivity contribution in [2.75, 3.05) is 0 Å². The van der Waals surface area contributed by atoms with E-state index in [0.29, 0.717) is 24.8 Å². The Balaban J connectivity index is 2.09. The molecular weight excluding hydrogens is 238 g/mol. The molecule has 4 heteroatoms. The molecule has 0 spiro atoms. The molecule has 1 aliphatic rings. The summed E-state index contributed by atoms with van der Waals surface area (Å²) in [5.41, 5.74) is 0.369. The lowest BCUT2D eigenvalue weighted by atomic mass is 9.90. The molecule has 1 aliphatic carbocycles. The van der Waals surface area contributed by atoms with Crippen LogP contribution in [0.2, 0.25) is 0 Å². The zero-order valence-corrected chi connectivity index (χ0v) is 10.2. The Morgan fingerprint density at radius 3 is 2.78 bits per heavy atom. The molecule has 2 rings (SSSR count). The van der Waals surface area contributed by atoms with Crippen LogP contribution in [0.25, 0.3) is 0 Å². The largest absolute Gasteiger partial charge is 0.481 e. The van der Waals surface area contributed by atoms with Crippen molar-refractivity contribution in [3.63, 3.8) is 0 Å². The smallest absolute Gasteiger partial charge is 0.306 e. The second-order valence-corrected chi connectivity index (χ2v) is 4.95. The minimum absolute atomic E-state index is 0.102. The minimum Gasteiger partial charge on any atom is -0.481 e. The van der Waals surface area contributed by atoms with Crippen molar-refractivity contribution in [2.45, 2.75) is 32.1 Å². The number of carbonyl (C=O) groups is 1. The highest BCUT2D eigenvalue weighted by atomic mass is 19.1. The van der Waals surface area contributed by atoms with Crippen molar-refractivity contribution in [1.29, 1.82) is 0 Å². The molecule has 1 aromatic rings. The average Bonchev–Trinajstić information content (AvgIpc) is 3.09. The maximum absolute atomic E-state index is 13.7. The molecule has 1 aromatic carbocycles. The molecule has 0 aromatic heterocycles. The van der Waals surface area contributed by atoms with E-state index in [1.807, 2.05) is 6.92 Å². The van der Waals surface area contributed by atoms with E-state index in [2.05, 4.69) is 0 Å². The number of hydrogen-bond acceptors (Lipinski definition) is 1. The van der Waals surface area contributed by atoms with Gasteiger partial charge in [-0.3, -0.25) is 4.79 Å². The summed E-state index contributed by atoms with van der Waals surface area (Å²) in [6.45, 7) is 1.91. The van der Waals surface area contributed by atoms with Crippen LogP contribution in [0.4, 0.5) is 8.78 Å². The summed E-state index contributed by atoms with van der Waals surface area (Å²) >= 11 is 0. The number of rotatable bonds is 5. The predicted molar refractivity (Wildman–Crippen MR) is 63.2 cm³/mol.